The van der Waals surface area contributed by atoms with Crippen molar-refractivity contribution in [3.8, 4) is 0 Å². The minimum absolute atomic E-state index is 0.0306. The van der Waals surface area contributed by atoms with Crippen LogP contribution in [0.4, 0.5) is 0 Å². The molecule has 1 N–H and O–H groups in total. The fourth-order valence-electron chi connectivity index (χ4n) is 1.56. The van der Waals surface area contributed by atoms with Gasteiger partial charge >= 0.3 is 0 Å². The Labute approximate surface area is 106 Å². The van der Waals surface area contributed by atoms with Crippen LogP contribution in [0.25, 0.3) is 0 Å². The third-order valence-corrected chi connectivity index (χ3v) is 3.53. The first-order valence-corrected chi connectivity index (χ1v) is 6.82. The molecule has 1 amide bonds. The van der Waals surface area contributed by atoms with Gasteiger partial charge in [0, 0.05) is 20.1 Å². The maximum Gasteiger partial charge on any atom is 0.216 e. The van der Waals surface area contributed by atoms with Gasteiger partial charge in [-0.2, -0.15) is 0 Å². The van der Waals surface area contributed by atoms with Gasteiger partial charge in [0.25, 0.3) is 0 Å². The zero-order valence-corrected chi connectivity index (χ0v) is 12.1. The van der Waals surface area contributed by atoms with Crippen molar-refractivity contribution >= 4 is 5.91 Å². The van der Waals surface area contributed by atoms with Crippen LogP contribution in [-0.2, 0) is 9.53 Å². The second-order valence-electron chi connectivity index (χ2n) is 5.19. The summed E-state index contributed by atoms with van der Waals surface area (Å²) in [5, 5.41) is 2.83. The van der Waals surface area contributed by atoms with Crippen LogP contribution in [0, 0.1) is 5.92 Å². The van der Waals surface area contributed by atoms with Crippen molar-refractivity contribution in [1.82, 2.24) is 5.32 Å². The Morgan fingerprint density at radius 1 is 1.41 bits per heavy atom. The quantitative estimate of drug-likeness (QED) is 0.675. The number of hydrogen-bond donors (Lipinski definition) is 1. The van der Waals surface area contributed by atoms with E-state index in [1.165, 1.54) is 6.42 Å². The molecule has 0 fully saturated rings. The van der Waals surface area contributed by atoms with Crippen LogP contribution in [0.1, 0.15) is 60.3 Å². The second kappa shape index (κ2) is 8.51. The Kier molecular flexibility index (Phi) is 8.23. The third-order valence-electron chi connectivity index (χ3n) is 3.53. The Bertz CT molecular complexity index is 218. The zero-order chi connectivity index (χ0) is 13.3. The molecule has 0 aromatic heterocycles. The van der Waals surface area contributed by atoms with Crippen LogP contribution in [0.3, 0.4) is 0 Å². The van der Waals surface area contributed by atoms with Crippen molar-refractivity contribution in [2.75, 3.05) is 13.2 Å². The summed E-state index contributed by atoms with van der Waals surface area (Å²) in [4.78, 5) is 10.8. The first-order chi connectivity index (χ1) is 7.93. The largest absolute Gasteiger partial charge is 0.375 e. The number of carbonyl (C=O) groups is 1. The highest BCUT2D eigenvalue weighted by molar-refractivity contribution is 5.72. The van der Waals surface area contributed by atoms with Crippen LogP contribution in [0.15, 0.2) is 0 Å². The minimum Gasteiger partial charge on any atom is -0.375 e. The van der Waals surface area contributed by atoms with E-state index < -0.39 is 0 Å². The van der Waals surface area contributed by atoms with E-state index in [1.54, 1.807) is 6.92 Å². The Morgan fingerprint density at radius 2 is 2.06 bits per heavy atom. The fourth-order valence-corrected chi connectivity index (χ4v) is 1.56. The summed E-state index contributed by atoms with van der Waals surface area (Å²) >= 11 is 0. The number of ether oxygens (including phenoxy) is 1. The molecule has 102 valence electrons. The summed E-state index contributed by atoms with van der Waals surface area (Å²) in [6.45, 7) is 11.8. The summed E-state index contributed by atoms with van der Waals surface area (Å²) in [7, 11) is 0. The van der Waals surface area contributed by atoms with Gasteiger partial charge in [-0.25, -0.2) is 0 Å². The van der Waals surface area contributed by atoms with Crippen molar-refractivity contribution in [3.63, 3.8) is 0 Å². The van der Waals surface area contributed by atoms with Crippen molar-refractivity contribution < 1.29 is 9.53 Å². The molecule has 0 aromatic rings. The van der Waals surface area contributed by atoms with E-state index in [9.17, 15) is 4.79 Å². The monoisotopic (exact) mass is 243 g/mol. The van der Waals surface area contributed by atoms with Crippen LogP contribution >= 0.6 is 0 Å². The molecule has 17 heavy (non-hydrogen) atoms. The zero-order valence-electron chi connectivity index (χ0n) is 12.1. The molecular weight excluding hydrogens is 214 g/mol. The standard InChI is InChI=1S/C14H29NO2/c1-6-12(3)8-11-17-14(5,7-2)9-10-15-13(4)16/h12H,6-11H2,1-5H3,(H,15,16). The minimum atomic E-state index is -0.101. The van der Waals surface area contributed by atoms with E-state index in [0.29, 0.717) is 6.54 Å². The lowest BCUT2D eigenvalue weighted by Gasteiger charge is -2.29. The first-order valence-electron chi connectivity index (χ1n) is 6.82. The lowest BCUT2D eigenvalue weighted by atomic mass is 9.98. The predicted octanol–water partition coefficient (Wildman–Crippen LogP) is 3.13. The van der Waals surface area contributed by atoms with E-state index in [0.717, 1.165) is 31.8 Å². The van der Waals surface area contributed by atoms with Gasteiger partial charge in [0.2, 0.25) is 5.91 Å². The molecule has 2 atom stereocenters. The van der Waals surface area contributed by atoms with Gasteiger partial charge in [-0.05, 0) is 32.1 Å². The molecule has 0 saturated heterocycles. The summed E-state index contributed by atoms with van der Waals surface area (Å²) in [5.74, 6) is 0.759. The highest BCUT2D eigenvalue weighted by Crippen LogP contribution is 2.20. The molecular formula is C14H29NO2. The number of carbonyl (C=O) groups excluding carboxylic acids is 1. The molecule has 0 heterocycles. The topological polar surface area (TPSA) is 38.3 Å². The summed E-state index contributed by atoms with van der Waals surface area (Å²) < 4.78 is 5.98. The number of amides is 1. The van der Waals surface area contributed by atoms with Crippen LogP contribution in [0.5, 0.6) is 0 Å². The Hall–Kier alpha value is -0.570. The summed E-state index contributed by atoms with van der Waals surface area (Å²) in [5.41, 5.74) is -0.101. The van der Waals surface area contributed by atoms with Crippen LogP contribution in [0.2, 0.25) is 0 Å². The maximum absolute atomic E-state index is 10.8. The van der Waals surface area contributed by atoms with Gasteiger partial charge in [0.05, 0.1) is 5.60 Å². The number of hydrogen-bond acceptors (Lipinski definition) is 2. The number of nitrogens with one attached hydrogen (secondary N) is 1. The first kappa shape index (κ1) is 16.4. The molecule has 0 radical (unpaired) electrons. The fraction of sp³-hybridized carbons (Fsp3) is 0.929. The molecule has 0 aliphatic heterocycles. The molecule has 0 aliphatic carbocycles. The Balaban J connectivity index is 3.88. The van der Waals surface area contributed by atoms with E-state index in [2.05, 4.69) is 33.0 Å². The highest BCUT2D eigenvalue weighted by Gasteiger charge is 2.22. The van der Waals surface area contributed by atoms with Crippen molar-refractivity contribution in [3.05, 3.63) is 0 Å². The molecule has 3 heteroatoms. The molecule has 0 spiro atoms. The molecule has 0 aliphatic rings. The molecule has 0 saturated carbocycles. The molecule has 0 aromatic carbocycles. The molecule has 0 bridgehead atoms. The van der Waals surface area contributed by atoms with Crippen molar-refractivity contribution in [2.24, 2.45) is 5.92 Å². The van der Waals surface area contributed by atoms with Gasteiger partial charge in [-0.3, -0.25) is 4.79 Å². The average molecular weight is 243 g/mol. The third kappa shape index (κ3) is 8.19. The van der Waals surface area contributed by atoms with E-state index >= 15 is 0 Å². The van der Waals surface area contributed by atoms with E-state index in [4.69, 9.17) is 4.74 Å². The van der Waals surface area contributed by atoms with Crippen LogP contribution in [-0.4, -0.2) is 24.7 Å². The van der Waals surface area contributed by atoms with E-state index in [1.807, 2.05) is 0 Å². The lowest BCUT2D eigenvalue weighted by Crippen LogP contribution is -2.34. The van der Waals surface area contributed by atoms with Gasteiger partial charge < -0.3 is 10.1 Å². The van der Waals surface area contributed by atoms with Gasteiger partial charge in [-0.1, -0.05) is 27.2 Å². The summed E-state index contributed by atoms with van der Waals surface area (Å²) in [6, 6.07) is 0. The normalized spacial score (nSPS) is 16.3. The second-order valence-corrected chi connectivity index (χ2v) is 5.19. The van der Waals surface area contributed by atoms with Crippen LogP contribution < -0.4 is 5.32 Å². The number of rotatable bonds is 9. The van der Waals surface area contributed by atoms with E-state index in [-0.39, 0.29) is 11.5 Å². The highest BCUT2D eigenvalue weighted by atomic mass is 16.5. The Morgan fingerprint density at radius 3 is 2.53 bits per heavy atom. The SMILES string of the molecule is CCC(C)CCOC(C)(CC)CCNC(C)=O. The maximum atomic E-state index is 10.8. The van der Waals surface area contributed by atoms with Gasteiger partial charge in [0.15, 0.2) is 0 Å². The molecule has 2 unspecified atom stereocenters. The van der Waals surface area contributed by atoms with Crippen molar-refractivity contribution in [2.45, 2.75) is 65.9 Å². The van der Waals surface area contributed by atoms with Gasteiger partial charge in [-0.15, -0.1) is 0 Å². The predicted molar refractivity (Wildman–Crippen MR) is 72.0 cm³/mol. The van der Waals surface area contributed by atoms with Gasteiger partial charge in [0.1, 0.15) is 0 Å². The molecule has 0 rings (SSSR count). The molecule has 3 nitrogen and oxygen atoms in total. The van der Waals surface area contributed by atoms with Crippen molar-refractivity contribution in [1.29, 1.82) is 0 Å². The smallest absolute Gasteiger partial charge is 0.216 e. The average Bonchev–Trinajstić information content (AvgIpc) is 2.28. The summed E-state index contributed by atoms with van der Waals surface area (Å²) in [6.07, 6.45) is 4.18. The lowest BCUT2D eigenvalue weighted by molar-refractivity contribution is -0.119.